The minimum Gasteiger partial charge on any atom is -0.488 e. The van der Waals surface area contributed by atoms with E-state index in [1.165, 1.54) is 35.6 Å². The third-order valence-corrected chi connectivity index (χ3v) is 5.77. The molecule has 0 aliphatic rings. The fourth-order valence-corrected chi connectivity index (χ4v) is 3.26. The van der Waals surface area contributed by atoms with Gasteiger partial charge in [-0.2, -0.15) is 0 Å². The molecule has 2 aromatic rings. The molecule has 0 fully saturated rings. The van der Waals surface area contributed by atoms with Crippen LogP contribution in [0.5, 0.6) is 5.75 Å². The number of esters is 1. The molecule has 0 atom stereocenters. The first-order valence-electron chi connectivity index (χ1n) is 15.7. The van der Waals surface area contributed by atoms with Crippen LogP contribution in [0.15, 0.2) is 54.6 Å². The second-order valence-electron chi connectivity index (χ2n) is 12.9. The Labute approximate surface area is 255 Å². The summed E-state index contributed by atoms with van der Waals surface area (Å²) < 4.78 is 11.0. The molecular weight excluding hydrogens is 504 g/mol. The SMILES string of the molecule is CC(=O)OC(C)(C)C.CC(C)C.CC(C)C(C)C.CCC/C=C(/CCC)c1c(C)cccc1OCc1ccccc1. The van der Waals surface area contributed by atoms with Crippen molar-refractivity contribution in [3.8, 4) is 5.75 Å². The summed E-state index contributed by atoms with van der Waals surface area (Å²) in [6, 6.07) is 16.7. The molecule has 0 N–H and O–H groups in total. The number of ether oxygens (including phenoxy) is 2. The molecule has 0 radical (unpaired) electrons. The van der Waals surface area contributed by atoms with Crippen molar-refractivity contribution in [3.05, 3.63) is 71.3 Å². The summed E-state index contributed by atoms with van der Waals surface area (Å²) in [7, 11) is 0. The zero-order chi connectivity index (χ0) is 32.0. The molecule has 0 spiro atoms. The lowest BCUT2D eigenvalue weighted by atomic mass is 9.95. The Bertz CT molecular complexity index is 938. The van der Waals surface area contributed by atoms with E-state index in [0.29, 0.717) is 6.61 Å². The van der Waals surface area contributed by atoms with Crippen LogP contribution in [-0.4, -0.2) is 11.6 Å². The van der Waals surface area contributed by atoms with E-state index in [2.05, 4.69) is 118 Å². The second-order valence-corrected chi connectivity index (χ2v) is 12.9. The molecule has 2 rings (SSSR count). The Morgan fingerprint density at radius 2 is 1.37 bits per heavy atom. The quantitative estimate of drug-likeness (QED) is 0.282. The molecule has 3 nitrogen and oxygen atoms in total. The highest BCUT2D eigenvalue weighted by molar-refractivity contribution is 5.73. The number of carbonyl (C=O) groups excluding carboxylic acids is 1. The predicted molar refractivity (Wildman–Crippen MR) is 181 cm³/mol. The lowest BCUT2D eigenvalue weighted by molar-refractivity contribution is -0.151. The van der Waals surface area contributed by atoms with Crippen molar-refractivity contribution in [3.63, 3.8) is 0 Å². The maximum absolute atomic E-state index is 10.2. The zero-order valence-corrected chi connectivity index (χ0v) is 29.2. The van der Waals surface area contributed by atoms with Gasteiger partial charge in [-0.1, -0.05) is 124 Å². The monoisotopic (exact) mass is 568 g/mol. The van der Waals surface area contributed by atoms with Gasteiger partial charge < -0.3 is 9.47 Å². The summed E-state index contributed by atoms with van der Waals surface area (Å²) >= 11 is 0. The van der Waals surface area contributed by atoms with Gasteiger partial charge in [0.05, 0.1) is 0 Å². The molecule has 0 saturated carbocycles. The van der Waals surface area contributed by atoms with Crippen LogP contribution in [0.4, 0.5) is 0 Å². The fourth-order valence-electron chi connectivity index (χ4n) is 3.26. The molecule has 0 aromatic heterocycles. The van der Waals surface area contributed by atoms with Gasteiger partial charge >= 0.3 is 5.97 Å². The predicted octanol–water partition coefficient (Wildman–Crippen LogP) is 11.9. The van der Waals surface area contributed by atoms with Gasteiger partial charge in [0.15, 0.2) is 0 Å². The van der Waals surface area contributed by atoms with Crippen molar-refractivity contribution in [1.82, 2.24) is 0 Å². The summed E-state index contributed by atoms with van der Waals surface area (Å²) in [4.78, 5) is 10.2. The first-order chi connectivity index (χ1) is 19.0. The third-order valence-electron chi connectivity index (χ3n) is 5.77. The molecule has 0 heterocycles. The van der Waals surface area contributed by atoms with Crippen LogP contribution in [0.1, 0.15) is 132 Å². The van der Waals surface area contributed by atoms with E-state index in [4.69, 9.17) is 9.47 Å². The van der Waals surface area contributed by atoms with E-state index in [1.807, 2.05) is 26.8 Å². The van der Waals surface area contributed by atoms with Crippen LogP contribution in [0, 0.1) is 24.7 Å². The molecule has 0 unspecified atom stereocenters. The van der Waals surface area contributed by atoms with Crippen LogP contribution < -0.4 is 4.74 Å². The second kappa shape index (κ2) is 23.1. The van der Waals surface area contributed by atoms with E-state index in [9.17, 15) is 4.79 Å². The first-order valence-corrected chi connectivity index (χ1v) is 15.7. The average Bonchev–Trinajstić information content (AvgIpc) is 2.85. The van der Waals surface area contributed by atoms with Crippen molar-refractivity contribution >= 4 is 11.5 Å². The van der Waals surface area contributed by atoms with Crippen molar-refractivity contribution < 1.29 is 14.3 Å². The van der Waals surface area contributed by atoms with Gasteiger partial charge in [0.2, 0.25) is 0 Å². The molecule has 234 valence electrons. The molecular formula is C38H64O3. The Morgan fingerprint density at radius 1 is 0.829 bits per heavy atom. The molecule has 41 heavy (non-hydrogen) atoms. The van der Waals surface area contributed by atoms with Crippen LogP contribution in [0.2, 0.25) is 0 Å². The Morgan fingerprint density at radius 3 is 1.76 bits per heavy atom. The minimum absolute atomic E-state index is 0.225. The smallest absolute Gasteiger partial charge is 0.303 e. The van der Waals surface area contributed by atoms with E-state index in [0.717, 1.165) is 42.8 Å². The lowest BCUT2D eigenvalue weighted by Gasteiger charge is -2.17. The number of benzene rings is 2. The number of hydrogen-bond donors (Lipinski definition) is 0. The summed E-state index contributed by atoms with van der Waals surface area (Å²) in [5, 5.41) is 0. The van der Waals surface area contributed by atoms with Gasteiger partial charge in [-0.05, 0) is 81.1 Å². The van der Waals surface area contributed by atoms with Gasteiger partial charge in [0, 0.05) is 12.5 Å². The van der Waals surface area contributed by atoms with Gasteiger partial charge in [-0.25, -0.2) is 0 Å². The van der Waals surface area contributed by atoms with Gasteiger partial charge in [0.1, 0.15) is 18.0 Å². The molecule has 0 bridgehead atoms. The van der Waals surface area contributed by atoms with E-state index < -0.39 is 0 Å². The van der Waals surface area contributed by atoms with Gasteiger partial charge in [-0.15, -0.1) is 0 Å². The van der Waals surface area contributed by atoms with E-state index in [-0.39, 0.29) is 11.6 Å². The van der Waals surface area contributed by atoms with Crippen LogP contribution in [0.25, 0.3) is 5.57 Å². The minimum atomic E-state index is -0.328. The van der Waals surface area contributed by atoms with Crippen LogP contribution >= 0.6 is 0 Å². The molecule has 0 amide bonds. The Kier molecular flexibility index (Phi) is 22.8. The number of carbonyl (C=O) groups is 1. The van der Waals surface area contributed by atoms with Crippen molar-refractivity contribution in [1.29, 1.82) is 0 Å². The summed E-state index contributed by atoms with van der Waals surface area (Å²) in [6.07, 6.45) is 6.96. The lowest BCUT2D eigenvalue weighted by Crippen LogP contribution is -2.21. The molecule has 0 aliphatic carbocycles. The maximum Gasteiger partial charge on any atom is 0.303 e. The number of unbranched alkanes of at least 4 members (excludes halogenated alkanes) is 1. The largest absolute Gasteiger partial charge is 0.488 e. The van der Waals surface area contributed by atoms with Crippen molar-refractivity contribution in [2.24, 2.45) is 17.8 Å². The first kappa shape index (κ1) is 40.6. The highest BCUT2D eigenvalue weighted by Gasteiger charge is 2.12. The van der Waals surface area contributed by atoms with E-state index in [1.54, 1.807) is 0 Å². The standard InChI is InChI=1S/C22H28O.C6H12O2.C6H14.C4H10/c1-4-6-15-20(11-5-2)22-18(3)12-10-16-21(22)23-17-19-13-8-7-9-14-19;1-5(7)8-6(2,3)4;1-5(2)6(3)4;1-4(2)3/h7-10,12-16H,4-6,11,17H2,1-3H3;1-4H3;5-6H,1-4H3;4H,1-3H3/b20-15-;;;. The molecule has 3 heteroatoms. The van der Waals surface area contributed by atoms with Crippen LogP contribution in [0.3, 0.4) is 0 Å². The number of rotatable bonds is 9. The summed E-state index contributed by atoms with van der Waals surface area (Å²) in [5.41, 5.74) is 4.89. The zero-order valence-electron chi connectivity index (χ0n) is 29.2. The molecule has 2 aromatic carbocycles. The highest BCUT2D eigenvalue weighted by atomic mass is 16.6. The van der Waals surface area contributed by atoms with Gasteiger partial charge in [0.25, 0.3) is 0 Å². The van der Waals surface area contributed by atoms with Gasteiger partial charge in [-0.3, -0.25) is 4.79 Å². The fraction of sp³-hybridized carbons (Fsp3) is 0.605. The van der Waals surface area contributed by atoms with E-state index >= 15 is 0 Å². The van der Waals surface area contributed by atoms with Crippen molar-refractivity contribution in [2.45, 2.75) is 135 Å². The summed E-state index contributed by atoms with van der Waals surface area (Å²) in [6.45, 7) is 29.7. The summed E-state index contributed by atoms with van der Waals surface area (Å²) in [5.74, 6) is 3.32. The number of hydrogen-bond acceptors (Lipinski definition) is 3. The van der Waals surface area contributed by atoms with Crippen LogP contribution in [-0.2, 0) is 16.1 Å². The third kappa shape index (κ3) is 23.8. The number of allylic oxidation sites excluding steroid dienone is 2. The highest BCUT2D eigenvalue weighted by Crippen LogP contribution is 2.33. The maximum atomic E-state index is 10.2. The molecule has 0 saturated heterocycles. The number of aryl methyl sites for hydroxylation is 1. The Balaban J connectivity index is 0. The Hall–Kier alpha value is -2.55. The molecule has 0 aliphatic heterocycles. The topological polar surface area (TPSA) is 35.5 Å². The normalized spacial score (nSPS) is 11.1. The average molecular weight is 569 g/mol. The van der Waals surface area contributed by atoms with Crippen molar-refractivity contribution in [2.75, 3.05) is 0 Å².